The van der Waals surface area contributed by atoms with Gasteiger partial charge in [0.15, 0.2) is 5.13 Å². The molecule has 2 nitrogen and oxygen atoms in total. The van der Waals surface area contributed by atoms with Gasteiger partial charge in [0.25, 0.3) is 0 Å². The van der Waals surface area contributed by atoms with E-state index in [1.807, 2.05) is 5.38 Å². The van der Waals surface area contributed by atoms with E-state index in [2.05, 4.69) is 33.2 Å². The summed E-state index contributed by atoms with van der Waals surface area (Å²) in [7, 11) is 0. The lowest BCUT2D eigenvalue weighted by Crippen LogP contribution is -2.15. The largest absolute Gasteiger partial charge is 0.361 e. The number of thiazole rings is 1. The van der Waals surface area contributed by atoms with Gasteiger partial charge >= 0.3 is 0 Å². The summed E-state index contributed by atoms with van der Waals surface area (Å²) in [5, 5.41) is 6.46. The molecule has 1 aliphatic carbocycles. The summed E-state index contributed by atoms with van der Waals surface area (Å²) in [6.45, 7) is 3.45. The number of anilines is 1. The molecule has 2 rings (SSSR count). The van der Waals surface area contributed by atoms with Gasteiger partial charge in [-0.2, -0.15) is 0 Å². The Hall–Kier alpha value is -0.0900. The third-order valence-corrected chi connectivity index (χ3v) is 4.95. The molecule has 16 heavy (non-hydrogen) atoms. The molecule has 4 heteroatoms. The molecule has 1 N–H and O–H groups in total. The summed E-state index contributed by atoms with van der Waals surface area (Å²) in [6, 6.07) is 0. The van der Waals surface area contributed by atoms with Gasteiger partial charge in [-0.3, -0.25) is 0 Å². The van der Waals surface area contributed by atoms with Crippen LogP contribution in [0.2, 0.25) is 0 Å². The Kier molecular flexibility index (Phi) is 4.65. The molecule has 0 atom stereocenters. The number of halogens is 1. The Balaban J connectivity index is 1.64. The highest BCUT2D eigenvalue weighted by Crippen LogP contribution is 2.30. The first kappa shape index (κ1) is 12.4. The van der Waals surface area contributed by atoms with E-state index in [1.165, 1.54) is 32.1 Å². The molecule has 0 radical (unpaired) electrons. The summed E-state index contributed by atoms with van der Waals surface area (Å²) < 4.78 is 0.937. The van der Waals surface area contributed by atoms with E-state index in [0.29, 0.717) is 0 Å². The van der Waals surface area contributed by atoms with Crippen LogP contribution >= 0.6 is 27.3 Å². The van der Waals surface area contributed by atoms with Crippen molar-refractivity contribution in [3.8, 4) is 0 Å². The number of nitrogens with zero attached hydrogens (tertiary/aromatic N) is 1. The molecule has 0 bridgehead atoms. The first-order chi connectivity index (χ1) is 7.74. The Bertz CT molecular complexity index is 319. The van der Waals surface area contributed by atoms with Crippen molar-refractivity contribution in [2.75, 3.05) is 11.9 Å². The highest BCUT2D eigenvalue weighted by molar-refractivity contribution is 9.10. The quantitative estimate of drug-likeness (QED) is 0.883. The Morgan fingerprint density at radius 1 is 1.44 bits per heavy atom. The zero-order chi connectivity index (χ0) is 11.4. The predicted molar refractivity (Wildman–Crippen MR) is 74.0 cm³/mol. The average Bonchev–Trinajstić information content (AvgIpc) is 2.67. The van der Waals surface area contributed by atoms with Crippen molar-refractivity contribution >= 4 is 32.4 Å². The van der Waals surface area contributed by atoms with Crippen molar-refractivity contribution < 1.29 is 0 Å². The molecule has 0 amide bonds. The second-order valence-corrected chi connectivity index (χ2v) is 6.49. The molecule has 1 fully saturated rings. The van der Waals surface area contributed by atoms with Crippen molar-refractivity contribution in [2.24, 2.45) is 11.8 Å². The predicted octanol–water partition coefficient (Wildman–Crippen LogP) is 4.53. The van der Waals surface area contributed by atoms with E-state index >= 15 is 0 Å². The van der Waals surface area contributed by atoms with Gasteiger partial charge in [-0.25, -0.2) is 4.98 Å². The molecule has 0 aliphatic heterocycles. The maximum Gasteiger partial charge on any atom is 0.183 e. The summed E-state index contributed by atoms with van der Waals surface area (Å²) >= 11 is 5.03. The second-order valence-electron chi connectivity index (χ2n) is 4.82. The van der Waals surface area contributed by atoms with Gasteiger partial charge in [-0.15, -0.1) is 11.3 Å². The van der Waals surface area contributed by atoms with Crippen LogP contribution in [0.4, 0.5) is 5.13 Å². The van der Waals surface area contributed by atoms with Crippen LogP contribution in [0.1, 0.15) is 39.0 Å². The fourth-order valence-electron chi connectivity index (χ4n) is 2.34. The molecule has 1 aromatic rings. The van der Waals surface area contributed by atoms with Crippen LogP contribution in [0.5, 0.6) is 0 Å². The van der Waals surface area contributed by atoms with Crippen molar-refractivity contribution in [1.29, 1.82) is 0 Å². The highest BCUT2D eigenvalue weighted by atomic mass is 79.9. The normalized spacial score (nSPS) is 25.6. The average molecular weight is 303 g/mol. The molecule has 0 saturated heterocycles. The number of hydrogen-bond donors (Lipinski definition) is 1. The first-order valence-corrected chi connectivity index (χ1v) is 7.76. The number of aromatic nitrogens is 1. The second kappa shape index (κ2) is 6.01. The van der Waals surface area contributed by atoms with E-state index in [9.17, 15) is 0 Å². The third kappa shape index (κ3) is 3.74. The minimum atomic E-state index is 0.937. The topological polar surface area (TPSA) is 24.9 Å². The van der Waals surface area contributed by atoms with Crippen LogP contribution in [-0.2, 0) is 0 Å². The lowest BCUT2D eigenvalue weighted by molar-refractivity contribution is 0.282. The fourth-order valence-corrected chi connectivity index (χ4v) is 3.51. The van der Waals surface area contributed by atoms with Gasteiger partial charge in [0.1, 0.15) is 4.60 Å². The number of rotatable bonds is 4. The fraction of sp³-hybridized carbons (Fsp3) is 0.750. The van der Waals surface area contributed by atoms with E-state index in [0.717, 1.165) is 28.1 Å². The van der Waals surface area contributed by atoms with Gasteiger partial charge in [0.05, 0.1) is 0 Å². The Morgan fingerprint density at radius 3 is 2.81 bits per heavy atom. The van der Waals surface area contributed by atoms with Crippen LogP contribution in [0.25, 0.3) is 0 Å². The lowest BCUT2D eigenvalue weighted by Gasteiger charge is -2.25. The zero-order valence-corrected chi connectivity index (χ0v) is 12.1. The van der Waals surface area contributed by atoms with Crippen LogP contribution in [0.3, 0.4) is 0 Å². The van der Waals surface area contributed by atoms with Gasteiger partial charge in [-0.05, 0) is 34.2 Å². The first-order valence-electron chi connectivity index (χ1n) is 6.09. The molecule has 0 unspecified atom stereocenters. The van der Waals surface area contributed by atoms with Gasteiger partial charge in [0, 0.05) is 11.9 Å². The standard InChI is InChI=1S/C12H19BrN2S/c1-9-2-4-10(5-3-9)6-7-14-12-15-11(13)8-16-12/h8-10H,2-7H2,1H3,(H,14,15). The van der Waals surface area contributed by atoms with Crippen molar-refractivity contribution in [3.05, 3.63) is 9.98 Å². The highest BCUT2D eigenvalue weighted by Gasteiger charge is 2.17. The maximum atomic E-state index is 4.33. The van der Waals surface area contributed by atoms with Crippen molar-refractivity contribution in [1.82, 2.24) is 4.98 Å². The monoisotopic (exact) mass is 302 g/mol. The molecular formula is C12H19BrN2S. The smallest absolute Gasteiger partial charge is 0.183 e. The van der Waals surface area contributed by atoms with E-state index in [1.54, 1.807) is 11.3 Å². The molecule has 90 valence electrons. The van der Waals surface area contributed by atoms with E-state index in [-0.39, 0.29) is 0 Å². The lowest BCUT2D eigenvalue weighted by atomic mass is 9.81. The molecule has 1 aliphatic rings. The molecule has 1 heterocycles. The third-order valence-electron chi connectivity index (χ3n) is 3.44. The van der Waals surface area contributed by atoms with Gasteiger partial charge in [0.2, 0.25) is 0 Å². The molecular weight excluding hydrogens is 284 g/mol. The van der Waals surface area contributed by atoms with Gasteiger partial charge in [-0.1, -0.05) is 32.6 Å². The molecule has 0 spiro atoms. The number of hydrogen-bond acceptors (Lipinski definition) is 3. The molecule has 1 saturated carbocycles. The number of nitrogens with one attached hydrogen (secondary N) is 1. The van der Waals surface area contributed by atoms with Crippen LogP contribution in [0, 0.1) is 11.8 Å². The van der Waals surface area contributed by atoms with Crippen LogP contribution in [-0.4, -0.2) is 11.5 Å². The molecule has 1 aromatic heterocycles. The Labute approximate surface area is 110 Å². The molecule has 0 aromatic carbocycles. The van der Waals surface area contributed by atoms with Crippen molar-refractivity contribution in [3.63, 3.8) is 0 Å². The van der Waals surface area contributed by atoms with Gasteiger partial charge < -0.3 is 5.32 Å². The summed E-state index contributed by atoms with van der Waals surface area (Å²) in [5.41, 5.74) is 0. The van der Waals surface area contributed by atoms with Crippen LogP contribution in [0.15, 0.2) is 9.98 Å². The SMILES string of the molecule is CC1CCC(CCNc2nc(Br)cs2)CC1. The van der Waals surface area contributed by atoms with E-state index < -0.39 is 0 Å². The van der Waals surface area contributed by atoms with Crippen molar-refractivity contribution in [2.45, 2.75) is 39.0 Å². The summed E-state index contributed by atoms with van der Waals surface area (Å²) in [4.78, 5) is 4.33. The maximum absolute atomic E-state index is 4.33. The zero-order valence-electron chi connectivity index (χ0n) is 9.71. The minimum Gasteiger partial charge on any atom is -0.361 e. The van der Waals surface area contributed by atoms with E-state index in [4.69, 9.17) is 0 Å². The summed E-state index contributed by atoms with van der Waals surface area (Å²) in [6.07, 6.45) is 6.99. The minimum absolute atomic E-state index is 0.937. The summed E-state index contributed by atoms with van der Waals surface area (Å²) in [5.74, 6) is 1.89. The van der Waals surface area contributed by atoms with Crippen LogP contribution < -0.4 is 5.32 Å². The Morgan fingerprint density at radius 2 is 2.19 bits per heavy atom.